The molecular weight excluding hydrogens is 392 g/mol. The first kappa shape index (κ1) is 21.0. The molecule has 0 aliphatic carbocycles. The van der Waals surface area contributed by atoms with Crippen LogP contribution in [-0.4, -0.2) is 42.8 Å². The van der Waals surface area contributed by atoms with Gasteiger partial charge in [0.05, 0.1) is 7.11 Å². The van der Waals surface area contributed by atoms with Gasteiger partial charge in [-0.15, -0.1) is 11.8 Å². The summed E-state index contributed by atoms with van der Waals surface area (Å²) in [7, 11) is 1.71. The molecule has 0 atom stereocenters. The molecule has 6 heteroatoms. The number of para-hydroxylation sites is 1. The number of nitrogens with one attached hydrogen (secondary N) is 1. The van der Waals surface area contributed by atoms with Crippen molar-refractivity contribution < 1.29 is 9.53 Å². The maximum atomic E-state index is 12.2. The van der Waals surface area contributed by atoms with Gasteiger partial charge in [0.1, 0.15) is 5.75 Å². The van der Waals surface area contributed by atoms with E-state index in [0.29, 0.717) is 6.42 Å². The SMILES string of the molecule is COc1ccccc1CN1CCC(NC(=O)CCSc2ccc(Cl)cc2)CC1. The van der Waals surface area contributed by atoms with Gasteiger partial charge in [0, 0.05) is 53.3 Å². The Morgan fingerprint density at radius 1 is 1.18 bits per heavy atom. The molecule has 0 aromatic heterocycles. The van der Waals surface area contributed by atoms with E-state index in [-0.39, 0.29) is 11.9 Å². The van der Waals surface area contributed by atoms with Crippen LogP contribution in [0.1, 0.15) is 24.8 Å². The van der Waals surface area contributed by atoms with Gasteiger partial charge in [-0.1, -0.05) is 29.8 Å². The fourth-order valence-corrected chi connectivity index (χ4v) is 4.38. The zero-order valence-electron chi connectivity index (χ0n) is 16.2. The first-order valence-corrected chi connectivity index (χ1v) is 11.0. The zero-order chi connectivity index (χ0) is 19.8. The van der Waals surface area contributed by atoms with Crippen molar-refractivity contribution in [3.05, 3.63) is 59.1 Å². The average Bonchev–Trinajstić information content (AvgIpc) is 2.71. The van der Waals surface area contributed by atoms with Crippen LogP contribution in [0.4, 0.5) is 0 Å². The Bertz CT molecular complexity index is 761. The second-order valence-corrected chi connectivity index (χ2v) is 8.59. The number of thioether (sulfide) groups is 1. The summed E-state index contributed by atoms with van der Waals surface area (Å²) < 4.78 is 5.44. The van der Waals surface area contributed by atoms with Gasteiger partial charge in [-0.2, -0.15) is 0 Å². The van der Waals surface area contributed by atoms with E-state index in [1.165, 1.54) is 5.56 Å². The number of hydrogen-bond donors (Lipinski definition) is 1. The van der Waals surface area contributed by atoms with E-state index in [2.05, 4.69) is 16.3 Å². The lowest BCUT2D eigenvalue weighted by atomic mass is 10.0. The molecule has 0 bridgehead atoms. The fourth-order valence-electron chi connectivity index (χ4n) is 3.40. The standard InChI is InChI=1S/C22H27ClN2O2S/c1-27-21-5-3-2-4-17(21)16-25-13-10-19(11-14-25)24-22(26)12-15-28-20-8-6-18(23)7-9-20/h2-9,19H,10-16H2,1H3,(H,24,26). The third-order valence-corrected chi connectivity index (χ3v) is 6.22. The van der Waals surface area contributed by atoms with Crippen LogP contribution < -0.4 is 10.1 Å². The molecule has 1 heterocycles. The van der Waals surface area contributed by atoms with Crippen LogP contribution >= 0.6 is 23.4 Å². The molecule has 1 saturated heterocycles. The van der Waals surface area contributed by atoms with Gasteiger partial charge >= 0.3 is 0 Å². The van der Waals surface area contributed by atoms with Crippen LogP contribution in [0, 0.1) is 0 Å². The Balaban J connectivity index is 1.35. The maximum Gasteiger partial charge on any atom is 0.221 e. The maximum absolute atomic E-state index is 12.2. The topological polar surface area (TPSA) is 41.6 Å². The largest absolute Gasteiger partial charge is 0.496 e. The number of piperidine rings is 1. The van der Waals surface area contributed by atoms with E-state index in [4.69, 9.17) is 16.3 Å². The van der Waals surface area contributed by atoms with E-state index in [1.54, 1.807) is 18.9 Å². The number of methoxy groups -OCH3 is 1. The molecule has 0 saturated carbocycles. The lowest BCUT2D eigenvalue weighted by molar-refractivity contribution is -0.121. The number of halogens is 1. The number of nitrogens with zero attached hydrogens (tertiary/aromatic N) is 1. The summed E-state index contributed by atoms with van der Waals surface area (Å²) in [6, 6.07) is 16.2. The molecule has 1 amide bonds. The van der Waals surface area contributed by atoms with Gasteiger partial charge in [-0.3, -0.25) is 9.69 Å². The summed E-state index contributed by atoms with van der Waals surface area (Å²) >= 11 is 7.58. The third kappa shape index (κ3) is 6.43. The van der Waals surface area contributed by atoms with Crippen molar-refractivity contribution in [2.24, 2.45) is 0 Å². The van der Waals surface area contributed by atoms with Crippen LogP contribution in [0.2, 0.25) is 5.02 Å². The Hall–Kier alpha value is -1.69. The predicted molar refractivity (Wildman–Crippen MR) is 116 cm³/mol. The van der Waals surface area contributed by atoms with E-state index in [1.807, 2.05) is 42.5 Å². The molecule has 1 N–H and O–H groups in total. The van der Waals surface area contributed by atoms with Crippen molar-refractivity contribution in [2.45, 2.75) is 36.7 Å². The van der Waals surface area contributed by atoms with E-state index in [9.17, 15) is 4.79 Å². The van der Waals surface area contributed by atoms with Crippen LogP contribution in [0.25, 0.3) is 0 Å². The molecule has 2 aromatic carbocycles. The van der Waals surface area contributed by atoms with Crippen molar-refractivity contribution >= 4 is 29.3 Å². The number of rotatable bonds is 8. The smallest absolute Gasteiger partial charge is 0.221 e. The van der Waals surface area contributed by atoms with E-state index in [0.717, 1.165) is 53.9 Å². The molecule has 150 valence electrons. The summed E-state index contributed by atoms with van der Waals surface area (Å²) in [5.74, 6) is 1.86. The zero-order valence-corrected chi connectivity index (χ0v) is 17.8. The van der Waals surface area contributed by atoms with Gasteiger partial charge < -0.3 is 10.1 Å². The summed E-state index contributed by atoms with van der Waals surface area (Å²) in [6.07, 6.45) is 2.52. The minimum Gasteiger partial charge on any atom is -0.496 e. The van der Waals surface area contributed by atoms with Crippen molar-refractivity contribution in [1.82, 2.24) is 10.2 Å². The second-order valence-electron chi connectivity index (χ2n) is 6.98. The number of carbonyl (C=O) groups is 1. The Morgan fingerprint density at radius 3 is 2.61 bits per heavy atom. The van der Waals surface area contributed by atoms with Crippen LogP contribution in [0.5, 0.6) is 5.75 Å². The predicted octanol–water partition coefficient (Wildman–Crippen LogP) is 4.61. The number of amides is 1. The number of benzene rings is 2. The van der Waals surface area contributed by atoms with Gasteiger partial charge in [0.25, 0.3) is 0 Å². The number of hydrogen-bond acceptors (Lipinski definition) is 4. The molecule has 0 radical (unpaired) electrons. The third-order valence-electron chi connectivity index (χ3n) is 4.95. The summed E-state index contributed by atoms with van der Waals surface area (Å²) in [5, 5.41) is 3.93. The van der Waals surface area contributed by atoms with Gasteiger partial charge in [-0.05, 0) is 43.2 Å². The average molecular weight is 419 g/mol. The van der Waals surface area contributed by atoms with Crippen LogP contribution in [0.15, 0.2) is 53.4 Å². The summed E-state index contributed by atoms with van der Waals surface area (Å²) in [6.45, 7) is 2.87. The van der Waals surface area contributed by atoms with Crippen molar-refractivity contribution in [1.29, 1.82) is 0 Å². The van der Waals surface area contributed by atoms with E-state index >= 15 is 0 Å². The summed E-state index contributed by atoms with van der Waals surface area (Å²) in [4.78, 5) is 15.8. The lowest BCUT2D eigenvalue weighted by Crippen LogP contribution is -2.44. The molecule has 1 aliphatic heterocycles. The highest BCUT2D eigenvalue weighted by molar-refractivity contribution is 7.99. The summed E-state index contributed by atoms with van der Waals surface area (Å²) in [5.41, 5.74) is 1.21. The molecule has 4 nitrogen and oxygen atoms in total. The number of carbonyl (C=O) groups excluding carboxylic acids is 1. The molecule has 3 rings (SSSR count). The lowest BCUT2D eigenvalue weighted by Gasteiger charge is -2.32. The molecule has 28 heavy (non-hydrogen) atoms. The number of ether oxygens (including phenoxy) is 1. The fraction of sp³-hybridized carbons (Fsp3) is 0.409. The van der Waals surface area contributed by atoms with Crippen LogP contribution in [-0.2, 0) is 11.3 Å². The highest BCUT2D eigenvalue weighted by Gasteiger charge is 2.21. The van der Waals surface area contributed by atoms with Crippen molar-refractivity contribution in [3.8, 4) is 5.75 Å². The second kappa shape index (κ2) is 10.7. The monoisotopic (exact) mass is 418 g/mol. The van der Waals surface area contributed by atoms with Gasteiger partial charge in [0.15, 0.2) is 0 Å². The molecule has 1 fully saturated rings. The molecular formula is C22H27ClN2O2S. The number of likely N-dealkylation sites (tertiary alicyclic amines) is 1. The Labute approximate surface area is 176 Å². The highest BCUT2D eigenvalue weighted by Crippen LogP contribution is 2.22. The molecule has 1 aliphatic rings. The van der Waals surface area contributed by atoms with Crippen LogP contribution in [0.3, 0.4) is 0 Å². The van der Waals surface area contributed by atoms with Gasteiger partial charge in [0.2, 0.25) is 5.91 Å². The molecule has 2 aromatic rings. The first-order valence-electron chi connectivity index (χ1n) is 9.66. The molecule has 0 spiro atoms. The van der Waals surface area contributed by atoms with Crippen molar-refractivity contribution in [2.75, 3.05) is 26.0 Å². The van der Waals surface area contributed by atoms with E-state index < -0.39 is 0 Å². The van der Waals surface area contributed by atoms with Crippen molar-refractivity contribution in [3.63, 3.8) is 0 Å². The Morgan fingerprint density at radius 2 is 1.89 bits per heavy atom. The minimum atomic E-state index is 0.143. The minimum absolute atomic E-state index is 0.143. The highest BCUT2D eigenvalue weighted by atomic mass is 35.5. The normalized spacial score (nSPS) is 15.4. The quantitative estimate of drug-likeness (QED) is 0.635. The first-order chi connectivity index (χ1) is 13.6. The van der Waals surface area contributed by atoms with Gasteiger partial charge in [-0.25, -0.2) is 0 Å². The molecule has 0 unspecified atom stereocenters. The Kier molecular flexibility index (Phi) is 8.07.